The average Bonchev–Trinajstić information content (AvgIpc) is 3.95. The van der Waals surface area contributed by atoms with Gasteiger partial charge in [-0.1, -0.05) is 218 Å². The van der Waals surface area contributed by atoms with Crippen molar-refractivity contribution in [3.8, 4) is 78.9 Å². The highest BCUT2D eigenvalue weighted by Gasteiger charge is 2.25. The molecule has 68 heavy (non-hydrogen) atoms. The minimum absolute atomic E-state index is 0.548. The van der Waals surface area contributed by atoms with Crippen molar-refractivity contribution in [2.24, 2.45) is 0 Å². The van der Waals surface area contributed by atoms with E-state index in [4.69, 9.17) is 15.0 Å². The van der Waals surface area contributed by atoms with E-state index in [1.807, 2.05) is 24.3 Å². The van der Waals surface area contributed by atoms with Crippen LogP contribution in [0.2, 0.25) is 0 Å². The van der Waals surface area contributed by atoms with Gasteiger partial charge in [0.15, 0.2) is 11.6 Å². The van der Waals surface area contributed by atoms with Gasteiger partial charge < -0.3 is 4.57 Å². The summed E-state index contributed by atoms with van der Waals surface area (Å²) in [5.74, 6) is 1.75. The standard InChI is InChI=1S/C63H41N5/c1-5-18-42(19-6-1)45-32-34-47(35-33-45)62-64-61(46-24-11-4-12-25-46)65-63(66-62)68-57-31-16-14-29-52(57)54-38-37-53-51-28-13-15-30-56(51)67(59(53)60(54)68)58-39-36-49(44-22-9-3-10-23-44)41-55(58)50-27-17-26-48(40-50)43-20-7-2-8-21-43/h1-41H. The van der Waals surface area contributed by atoms with E-state index in [9.17, 15) is 0 Å². The third-order valence-electron chi connectivity index (χ3n) is 13.2. The first-order chi connectivity index (χ1) is 33.7. The topological polar surface area (TPSA) is 48.5 Å². The smallest absolute Gasteiger partial charge is 0.238 e. The molecule has 0 saturated carbocycles. The molecule has 3 aromatic heterocycles. The second kappa shape index (κ2) is 16.4. The van der Waals surface area contributed by atoms with Crippen LogP contribution in [0.1, 0.15) is 0 Å². The van der Waals surface area contributed by atoms with Gasteiger partial charge in [0.25, 0.3) is 0 Å². The van der Waals surface area contributed by atoms with Crippen molar-refractivity contribution in [3.63, 3.8) is 0 Å². The van der Waals surface area contributed by atoms with Crippen LogP contribution in [0.5, 0.6) is 0 Å². The highest BCUT2D eigenvalue weighted by atomic mass is 15.2. The van der Waals surface area contributed by atoms with Crippen molar-refractivity contribution in [3.05, 3.63) is 249 Å². The number of fused-ring (bicyclic) bond motifs is 7. The summed E-state index contributed by atoms with van der Waals surface area (Å²) in [5, 5.41) is 4.53. The Morgan fingerprint density at radius 3 is 1.24 bits per heavy atom. The largest absolute Gasteiger partial charge is 0.307 e. The number of hydrogen-bond donors (Lipinski definition) is 0. The molecular formula is C63H41N5. The molecule has 318 valence electrons. The number of benzene rings is 10. The van der Waals surface area contributed by atoms with E-state index in [1.165, 1.54) is 16.7 Å². The molecule has 10 aromatic carbocycles. The van der Waals surface area contributed by atoms with E-state index in [0.29, 0.717) is 17.6 Å². The normalized spacial score (nSPS) is 11.5. The maximum absolute atomic E-state index is 5.42. The van der Waals surface area contributed by atoms with Crippen LogP contribution >= 0.6 is 0 Å². The molecule has 0 unspecified atom stereocenters. The van der Waals surface area contributed by atoms with Gasteiger partial charge in [-0.25, -0.2) is 4.98 Å². The van der Waals surface area contributed by atoms with Gasteiger partial charge in [0.1, 0.15) is 0 Å². The van der Waals surface area contributed by atoms with E-state index in [1.54, 1.807) is 0 Å². The van der Waals surface area contributed by atoms with Gasteiger partial charge in [-0.15, -0.1) is 0 Å². The lowest BCUT2D eigenvalue weighted by Gasteiger charge is -2.18. The maximum atomic E-state index is 5.42. The molecule has 0 saturated heterocycles. The van der Waals surface area contributed by atoms with Crippen LogP contribution in [-0.4, -0.2) is 24.1 Å². The summed E-state index contributed by atoms with van der Waals surface area (Å²) in [6.45, 7) is 0. The van der Waals surface area contributed by atoms with Crippen molar-refractivity contribution in [2.75, 3.05) is 0 Å². The van der Waals surface area contributed by atoms with Crippen molar-refractivity contribution >= 4 is 43.6 Å². The molecule has 0 fully saturated rings. The van der Waals surface area contributed by atoms with Crippen LogP contribution in [-0.2, 0) is 0 Å². The summed E-state index contributed by atoms with van der Waals surface area (Å²) in [6, 6.07) is 88.3. The predicted molar refractivity (Wildman–Crippen MR) is 281 cm³/mol. The second-order valence-corrected chi connectivity index (χ2v) is 17.2. The van der Waals surface area contributed by atoms with Crippen molar-refractivity contribution in [1.82, 2.24) is 24.1 Å². The molecule has 13 rings (SSSR count). The van der Waals surface area contributed by atoms with E-state index in [-0.39, 0.29) is 0 Å². The molecule has 0 radical (unpaired) electrons. The SMILES string of the molecule is c1ccc(-c2ccc(-c3nc(-c4ccccc4)nc(-n4c5ccccc5c5ccc6c7ccccc7n(-c7ccc(-c8ccccc8)cc7-c7cccc(-c8ccccc8)c7)c6c54)n3)cc2)cc1. The van der Waals surface area contributed by atoms with Gasteiger partial charge >= 0.3 is 0 Å². The van der Waals surface area contributed by atoms with Gasteiger partial charge in [-0.2, -0.15) is 9.97 Å². The highest BCUT2D eigenvalue weighted by Crippen LogP contribution is 2.44. The molecule has 5 heteroatoms. The number of nitrogens with zero attached hydrogens (tertiary/aromatic N) is 5. The summed E-state index contributed by atoms with van der Waals surface area (Å²) in [4.78, 5) is 16.0. The molecule has 3 heterocycles. The molecule has 0 aliphatic carbocycles. The molecule has 5 nitrogen and oxygen atoms in total. The molecule has 0 bridgehead atoms. The third kappa shape index (κ3) is 6.68. The van der Waals surface area contributed by atoms with Crippen LogP contribution in [0, 0.1) is 0 Å². The van der Waals surface area contributed by atoms with Gasteiger partial charge in [-0.3, -0.25) is 4.57 Å². The molecule has 0 spiro atoms. The van der Waals surface area contributed by atoms with Gasteiger partial charge in [-0.05, 0) is 69.3 Å². The van der Waals surface area contributed by atoms with Crippen LogP contribution in [0.25, 0.3) is 123 Å². The van der Waals surface area contributed by atoms with Crippen molar-refractivity contribution in [1.29, 1.82) is 0 Å². The number of hydrogen-bond acceptors (Lipinski definition) is 3. The monoisotopic (exact) mass is 867 g/mol. The van der Waals surface area contributed by atoms with Crippen LogP contribution in [0.3, 0.4) is 0 Å². The summed E-state index contributed by atoms with van der Waals surface area (Å²) in [7, 11) is 0. The summed E-state index contributed by atoms with van der Waals surface area (Å²) >= 11 is 0. The fraction of sp³-hybridized carbons (Fsp3) is 0. The number of rotatable bonds is 8. The molecule has 0 N–H and O–H groups in total. The van der Waals surface area contributed by atoms with Crippen LogP contribution < -0.4 is 0 Å². The Labute approximate surface area is 393 Å². The maximum Gasteiger partial charge on any atom is 0.238 e. The first-order valence-electron chi connectivity index (χ1n) is 23.0. The quantitative estimate of drug-likeness (QED) is 0.153. The van der Waals surface area contributed by atoms with E-state index < -0.39 is 0 Å². The van der Waals surface area contributed by atoms with E-state index >= 15 is 0 Å². The molecule has 0 amide bonds. The Balaban J connectivity index is 1.11. The summed E-state index contributed by atoms with van der Waals surface area (Å²) in [5.41, 5.74) is 16.3. The molecule has 0 aliphatic heterocycles. The van der Waals surface area contributed by atoms with Crippen molar-refractivity contribution in [2.45, 2.75) is 0 Å². The zero-order valence-corrected chi connectivity index (χ0v) is 36.9. The zero-order valence-electron chi connectivity index (χ0n) is 36.9. The Kier molecular flexibility index (Phi) is 9.43. The number of para-hydroxylation sites is 2. The summed E-state index contributed by atoms with van der Waals surface area (Å²) in [6.07, 6.45) is 0. The van der Waals surface area contributed by atoms with E-state index in [0.717, 1.165) is 88.2 Å². The van der Waals surface area contributed by atoms with Gasteiger partial charge in [0.05, 0.1) is 27.8 Å². The van der Waals surface area contributed by atoms with Crippen LogP contribution in [0.4, 0.5) is 0 Å². The third-order valence-corrected chi connectivity index (χ3v) is 13.2. The Bertz CT molecular complexity index is 3990. The predicted octanol–water partition coefficient (Wildman–Crippen LogP) is 16.1. The number of aromatic nitrogens is 5. The second-order valence-electron chi connectivity index (χ2n) is 17.2. The molecule has 0 aliphatic rings. The summed E-state index contributed by atoms with van der Waals surface area (Å²) < 4.78 is 4.75. The minimum atomic E-state index is 0.548. The molecule has 13 aromatic rings. The lowest BCUT2D eigenvalue weighted by Crippen LogP contribution is -2.07. The molecular weight excluding hydrogens is 827 g/mol. The lowest BCUT2D eigenvalue weighted by atomic mass is 9.94. The lowest BCUT2D eigenvalue weighted by molar-refractivity contribution is 0.953. The van der Waals surface area contributed by atoms with Gasteiger partial charge in [0, 0.05) is 38.2 Å². The molecule has 0 atom stereocenters. The van der Waals surface area contributed by atoms with Gasteiger partial charge in [0.2, 0.25) is 5.95 Å². The van der Waals surface area contributed by atoms with Crippen LogP contribution in [0.15, 0.2) is 249 Å². The Hall–Kier alpha value is -9.19. The minimum Gasteiger partial charge on any atom is -0.307 e. The Morgan fingerprint density at radius 1 is 0.250 bits per heavy atom. The Morgan fingerprint density at radius 2 is 0.647 bits per heavy atom. The zero-order chi connectivity index (χ0) is 45.0. The first-order valence-corrected chi connectivity index (χ1v) is 23.0. The van der Waals surface area contributed by atoms with Crippen molar-refractivity contribution < 1.29 is 0 Å². The fourth-order valence-electron chi connectivity index (χ4n) is 9.98. The first kappa shape index (κ1) is 39.2. The fourth-order valence-corrected chi connectivity index (χ4v) is 9.98. The average molecular weight is 868 g/mol. The highest BCUT2D eigenvalue weighted by molar-refractivity contribution is 6.24. The van der Waals surface area contributed by atoms with E-state index in [2.05, 4.69) is 234 Å².